The number of benzene rings is 2. The van der Waals surface area contributed by atoms with Gasteiger partial charge in [-0.2, -0.15) is 0 Å². The number of fused-ring (bicyclic) bond motifs is 1. The number of esters is 1. The van der Waals surface area contributed by atoms with Crippen LogP contribution in [0.2, 0.25) is 0 Å². The molecule has 2 rings (SSSR count). The number of carbonyl (C=O) groups excluding carboxylic acids is 1. The van der Waals surface area contributed by atoms with Crippen LogP contribution in [0.4, 0.5) is 0 Å². The first-order valence-corrected chi connectivity index (χ1v) is 5.94. The van der Waals surface area contributed by atoms with Gasteiger partial charge in [-0.1, -0.05) is 36.4 Å². The molecule has 0 aliphatic rings. The van der Waals surface area contributed by atoms with Gasteiger partial charge < -0.3 is 9.47 Å². The standard InChI is InChI=1S/C15H16O3/c1-11(18-12(2)16)10-17-15-9-5-7-13-6-3-4-8-14(13)15/h3-9,11H,10H2,1-2H3. The third-order valence-electron chi connectivity index (χ3n) is 2.59. The number of hydrogen-bond donors (Lipinski definition) is 0. The molecule has 1 atom stereocenters. The Labute approximate surface area is 106 Å². The van der Waals surface area contributed by atoms with E-state index in [1.54, 1.807) is 0 Å². The second-order valence-corrected chi connectivity index (χ2v) is 4.21. The highest BCUT2D eigenvalue weighted by molar-refractivity contribution is 5.88. The minimum atomic E-state index is -0.288. The molecule has 3 heteroatoms. The van der Waals surface area contributed by atoms with Crippen LogP contribution in [-0.4, -0.2) is 18.7 Å². The molecule has 0 spiro atoms. The first-order valence-electron chi connectivity index (χ1n) is 5.94. The zero-order chi connectivity index (χ0) is 13.0. The first-order chi connectivity index (χ1) is 8.66. The lowest BCUT2D eigenvalue weighted by atomic mass is 10.1. The van der Waals surface area contributed by atoms with E-state index in [1.807, 2.05) is 49.4 Å². The summed E-state index contributed by atoms with van der Waals surface area (Å²) in [7, 11) is 0. The predicted molar refractivity (Wildman–Crippen MR) is 70.7 cm³/mol. The molecule has 1 unspecified atom stereocenters. The fourth-order valence-electron chi connectivity index (χ4n) is 1.85. The van der Waals surface area contributed by atoms with Crippen molar-refractivity contribution in [3.05, 3.63) is 42.5 Å². The van der Waals surface area contributed by atoms with Crippen molar-refractivity contribution in [1.29, 1.82) is 0 Å². The van der Waals surface area contributed by atoms with Gasteiger partial charge in [-0.15, -0.1) is 0 Å². The van der Waals surface area contributed by atoms with Crippen molar-refractivity contribution in [1.82, 2.24) is 0 Å². The third kappa shape index (κ3) is 3.00. The van der Waals surface area contributed by atoms with Crippen molar-refractivity contribution < 1.29 is 14.3 Å². The van der Waals surface area contributed by atoms with Gasteiger partial charge in [0.1, 0.15) is 18.5 Å². The van der Waals surface area contributed by atoms with Gasteiger partial charge in [0.25, 0.3) is 0 Å². The van der Waals surface area contributed by atoms with Crippen LogP contribution in [-0.2, 0) is 9.53 Å². The van der Waals surface area contributed by atoms with E-state index < -0.39 is 0 Å². The molecular weight excluding hydrogens is 228 g/mol. The lowest BCUT2D eigenvalue weighted by Gasteiger charge is -2.14. The Morgan fingerprint density at radius 3 is 2.67 bits per heavy atom. The molecular formula is C15H16O3. The van der Waals surface area contributed by atoms with Gasteiger partial charge in [-0.25, -0.2) is 0 Å². The van der Waals surface area contributed by atoms with Gasteiger partial charge >= 0.3 is 5.97 Å². The summed E-state index contributed by atoms with van der Waals surface area (Å²) >= 11 is 0. The van der Waals surface area contributed by atoms with Crippen molar-refractivity contribution in [2.75, 3.05) is 6.61 Å². The van der Waals surface area contributed by atoms with Crippen LogP contribution in [0.1, 0.15) is 13.8 Å². The molecule has 94 valence electrons. The molecule has 0 N–H and O–H groups in total. The highest BCUT2D eigenvalue weighted by Crippen LogP contribution is 2.25. The topological polar surface area (TPSA) is 35.5 Å². The summed E-state index contributed by atoms with van der Waals surface area (Å²) in [4.78, 5) is 10.8. The van der Waals surface area contributed by atoms with Crippen molar-refractivity contribution in [2.24, 2.45) is 0 Å². The number of ether oxygens (including phenoxy) is 2. The van der Waals surface area contributed by atoms with Crippen LogP contribution in [0.3, 0.4) is 0 Å². The molecule has 0 amide bonds. The largest absolute Gasteiger partial charge is 0.489 e. The Morgan fingerprint density at radius 1 is 1.17 bits per heavy atom. The summed E-state index contributed by atoms with van der Waals surface area (Å²) in [5, 5.41) is 2.20. The van der Waals surface area contributed by atoms with Crippen molar-refractivity contribution in [3.8, 4) is 5.75 Å². The zero-order valence-electron chi connectivity index (χ0n) is 10.6. The SMILES string of the molecule is CC(=O)OC(C)COc1cccc2ccccc12. The third-order valence-corrected chi connectivity index (χ3v) is 2.59. The molecule has 2 aromatic carbocycles. The highest BCUT2D eigenvalue weighted by Gasteiger charge is 2.07. The molecule has 0 bridgehead atoms. The Morgan fingerprint density at radius 2 is 1.89 bits per heavy atom. The van der Waals surface area contributed by atoms with Gasteiger partial charge in [0.15, 0.2) is 0 Å². The van der Waals surface area contributed by atoms with Crippen LogP contribution in [0.5, 0.6) is 5.75 Å². The molecule has 3 nitrogen and oxygen atoms in total. The number of carbonyl (C=O) groups is 1. The first kappa shape index (κ1) is 12.4. The minimum Gasteiger partial charge on any atom is -0.489 e. The quantitative estimate of drug-likeness (QED) is 0.775. The molecule has 0 aromatic heterocycles. The zero-order valence-corrected chi connectivity index (χ0v) is 10.6. The van der Waals surface area contributed by atoms with Crippen LogP contribution < -0.4 is 4.74 Å². The van der Waals surface area contributed by atoms with E-state index in [9.17, 15) is 4.79 Å². The Bertz CT molecular complexity index is 543. The van der Waals surface area contributed by atoms with Gasteiger partial charge in [0, 0.05) is 12.3 Å². The van der Waals surface area contributed by atoms with Crippen LogP contribution in [0, 0.1) is 0 Å². The van der Waals surface area contributed by atoms with Crippen molar-refractivity contribution in [3.63, 3.8) is 0 Å². The Kier molecular flexibility index (Phi) is 3.82. The van der Waals surface area contributed by atoms with Crippen molar-refractivity contribution in [2.45, 2.75) is 20.0 Å². The maximum atomic E-state index is 10.8. The van der Waals surface area contributed by atoms with E-state index in [1.165, 1.54) is 6.92 Å². The highest BCUT2D eigenvalue weighted by atomic mass is 16.6. The molecule has 0 saturated carbocycles. The molecule has 0 aliphatic carbocycles. The fraction of sp³-hybridized carbons (Fsp3) is 0.267. The smallest absolute Gasteiger partial charge is 0.303 e. The lowest BCUT2D eigenvalue weighted by molar-refractivity contribution is -0.146. The average molecular weight is 244 g/mol. The van der Waals surface area contributed by atoms with Gasteiger partial charge in [-0.3, -0.25) is 4.79 Å². The fourth-order valence-corrected chi connectivity index (χ4v) is 1.85. The summed E-state index contributed by atoms with van der Waals surface area (Å²) in [6.07, 6.45) is -0.249. The Balaban J connectivity index is 2.10. The molecule has 0 saturated heterocycles. The van der Waals surface area contributed by atoms with Crippen LogP contribution >= 0.6 is 0 Å². The minimum absolute atomic E-state index is 0.249. The summed E-state index contributed by atoms with van der Waals surface area (Å²) in [5.41, 5.74) is 0. The Hall–Kier alpha value is -2.03. The maximum absolute atomic E-state index is 10.8. The normalized spacial score (nSPS) is 12.1. The molecule has 0 heterocycles. The van der Waals surface area contributed by atoms with Gasteiger partial charge in [-0.05, 0) is 18.4 Å². The van der Waals surface area contributed by atoms with E-state index in [0.717, 1.165) is 16.5 Å². The molecule has 0 radical (unpaired) electrons. The van der Waals surface area contributed by atoms with Crippen LogP contribution in [0.15, 0.2) is 42.5 Å². The summed E-state index contributed by atoms with van der Waals surface area (Å²) < 4.78 is 10.7. The second kappa shape index (κ2) is 5.54. The molecule has 0 aliphatic heterocycles. The molecule has 18 heavy (non-hydrogen) atoms. The van der Waals surface area contributed by atoms with E-state index >= 15 is 0 Å². The summed E-state index contributed by atoms with van der Waals surface area (Å²) in [6, 6.07) is 13.9. The summed E-state index contributed by atoms with van der Waals surface area (Å²) in [6.45, 7) is 3.56. The second-order valence-electron chi connectivity index (χ2n) is 4.21. The lowest BCUT2D eigenvalue weighted by Crippen LogP contribution is -2.20. The van der Waals surface area contributed by atoms with Gasteiger partial charge in [0.05, 0.1) is 0 Å². The van der Waals surface area contributed by atoms with E-state index in [2.05, 4.69) is 0 Å². The van der Waals surface area contributed by atoms with Crippen LogP contribution in [0.25, 0.3) is 10.8 Å². The average Bonchev–Trinajstić information content (AvgIpc) is 2.35. The summed E-state index contributed by atoms with van der Waals surface area (Å²) in [5.74, 6) is 0.524. The maximum Gasteiger partial charge on any atom is 0.303 e. The predicted octanol–water partition coefficient (Wildman–Crippen LogP) is 3.17. The van der Waals surface area contributed by atoms with E-state index in [-0.39, 0.29) is 12.1 Å². The van der Waals surface area contributed by atoms with Gasteiger partial charge in [0.2, 0.25) is 0 Å². The monoisotopic (exact) mass is 244 g/mol. The van der Waals surface area contributed by atoms with E-state index in [0.29, 0.717) is 6.61 Å². The molecule has 2 aromatic rings. The molecule has 0 fully saturated rings. The number of hydrogen-bond acceptors (Lipinski definition) is 3. The van der Waals surface area contributed by atoms with E-state index in [4.69, 9.17) is 9.47 Å². The van der Waals surface area contributed by atoms with Crippen molar-refractivity contribution >= 4 is 16.7 Å². The number of rotatable bonds is 4.